The Bertz CT molecular complexity index is 365. The lowest BCUT2D eigenvalue weighted by Crippen LogP contribution is -2.13. The second-order valence-corrected chi connectivity index (χ2v) is 4.26. The van der Waals surface area contributed by atoms with Gasteiger partial charge in [0, 0.05) is 11.8 Å². The molecule has 2 rings (SSSR count). The number of hydrogen-bond donors (Lipinski definition) is 0. The largest absolute Gasteiger partial charge is 0.468 e. The molecule has 0 heterocycles. The van der Waals surface area contributed by atoms with E-state index in [2.05, 4.69) is 6.07 Å². The quantitative estimate of drug-likeness (QED) is 0.543. The molecule has 1 saturated carbocycles. The van der Waals surface area contributed by atoms with Crippen LogP contribution in [0.3, 0.4) is 0 Å². The minimum Gasteiger partial charge on any atom is -0.468 e. The molecule has 0 aromatic heterocycles. The molecule has 0 bridgehead atoms. The van der Waals surface area contributed by atoms with E-state index >= 15 is 0 Å². The molecule has 0 amide bonds. The zero-order chi connectivity index (χ0) is 11.3. The minimum atomic E-state index is 0.134. The van der Waals surface area contributed by atoms with Crippen LogP contribution in [0, 0.1) is 16.7 Å². The third-order valence-corrected chi connectivity index (χ3v) is 2.87. The minimum absolute atomic E-state index is 0.134. The number of rotatable bonds is 6. The van der Waals surface area contributed by atoms with Crippen LogP contribution >= 0.6 is 0 Å². The highest BCUT2D eigenvalue weighted by molar-refractivity contribution is 5.20. The normalized spacial score (nSPS) is 16.4. The van der Waals surface area contributed by atoms with Crippen LogP contribution in [-0.2, 0) is 4.74 Å². The van der Waals surface area contributed by atoms with Crippen molar-refractivity contribution in [1.82, 2.24) is 0 Å². The Balaban J connectivity index is 1.65. The molecule has 84 valence electrons. The first-order chi connectivity index (χ1) is 7.85. The summed E-state index contributed by atoms with van der Waals surface area (Å²) in [4.78, 5) is 0. The van der Waals surface area contributed by atoms with Gasteiger partial charge in [0.1, 0.15) is 5.75 Å². The topological polar surface area (TPSA) is 42.2 Å². The van der Waals surface area contributed by atoms with Gasteiger partial charge in [-0.2, -0.15) is 5.26 Å². The van der Waals surface area contributed by atoms with Gasteiger partial charge in [-0.25, -0.2) is 0 Å². The predicted molar refractivity (Wildman–Crippen MR) is 59.8 cm³/mol. The molecule has 1 aromatic rings. The molecule has 0 N–H and O–H groups in total. The summed E-state index contributed by atoms with van der Waals surface area (Å²) in [5.41, 5.74) is 0.134. The Morgan fingerprint density at radius 1 is 1.25 bits per heavy atom. The van der Waals surface area contributed by atoms with Crippen LogP contribution in [0.1, 0.15) is 19.3 Å². The lowest BCUT2D eigenvalue weighted by Gasteiger charge is -2.12. The maximum absolute atomic E-state index is 8.64. The molecule has 0 radical (unpaired) electrons. The zero-order valence-corrected chi connectivity index (χ0v) is 9.19. The molecule has 0 atom stereocenters. The maximum atomic E-state index is 8.64. The summed E-state index contributed by atoms with van der Waals surface area (Å²) in [5.74, 6) is 0.813. The van der Waals surface area contributed by atoms with Gasteiger partial charge in [-0.15, -0.1) is 0 Å². The zero-order valence-electron chi connectivity index (χ0n) is 9.19. The summed E-state index contributed by atoms with van der Waals surface area (Å²) in [5, 5.41) is 8.64. The van der Waals surface area contributed by atoms with Gasteiger partial charge < -0.3 is 9.47 Å². The fourth-order valence-electron chi connectivity index (χ4n) is 1.60. The van der Waals surface area contributed by atoms with Crippen LogP contribution < -0.4 is 4.74 Å². The molecule has 1 aromatic carbocycles. The third kappa shape index (κ3) is 2.98. The second kappa shape index (κ2) is 5.00. The van der Waals surface area contributed by atoms with Crippen molar-refractivity contribution < 1.29 is 9.47 Å². The van der Waals surface area contributed by atoms with Gasteiger partial charge in [-0.1, -0.05) is 18.2 Å². The average Bonchev–Trinajstić information content (AvgIpc) is 3.07. The standard InChI is InChI=1S/C13H15NO2/c14-9-8-13(6-7-13)10-15-11-16-12-4-2-1-3-5-12/h1-5H,6-8,10-11H2. The van der Waals surface area contributed by atoms with Crippen molar-refractivity contribution in [1.29, 1.82) is 5.26 Å². The molecule has 0 unspecified atom stereocenters. The fourth-order valence-corrected chi connectivity index (χ4v) is 1.60. The molecule has 0 saturated heterocycles. The average molecular weight is 217 g/mol. The summed E-state index contributed by atoms with van der Waals surface area (Å²) in [6.07, 6.45) is 2.80. The van der Waals surface area contributed by atoms with Gasteiger partial charge in [0.15, 0.2) is 6.79 Å². The van der Waals surface area contributed by atoms with Gasteiger partial charge in [0.05, 0.1) is 12.7 Å². The number of benzene rings is 1. The molecule has 0 aliphatic heterocycles. The van der Waals surface area contributed by atoms with E-state index in [0.29, 0.717) is 13.0 Å². The van der Waals surface area contributed by atoms with Gasteiger partial charge in [0.25, 0.3) is 0 Å². The lowest BCUT2D eigenvalue weighted by molar-refractivity contribution is -0.00683. The Morgan fingerprint density at radius 2 is 2.00 bits per heavy atom. The van der Waals surface area contributed by atoms with E-state index in [4.69, 9.17) is 14.7 Å². The van der Waals surface area contributed by atoms with Crippen molar-refractivity contribution in [3.8, 4) is 11.8 Å². The van der Waals surface area contributed by atoms with Gasteiger partial charge in [0.2, 0.25) is 0 Å². The van der Waals surface area contributed by atoms with Crippen LogP contribution in [-0.4, -0.2) is 13.4 Å². The molecule has 3 heteroatoms. The van der Waals surface area contributed by atoms with Crippen molar-refractivity contribution >= 4 is 0 Å². The Kier molecular flexibility index (Phi) is 3.43. The van der Waals surface area contributed by atoms with Crippen molar-refractivity contribution in [2.75, 3.05) is 13.4 Å². The number of nitriles is 1. The third-order valence-electron chi connectivity index (χ3n) is 2.87. The van der Waals surface area contributed by atoms with E-state index in [1.54, 1.807) is 0 Å². The SMILES string of the molecule is N#CCC1(COCOc2ccccc2)CC1. The molecule has 1 fully saturated rings. The molecule has 0 spiro atoms. The van der Waals surface area contributed by atoms with Crippen LogP contribution in [0.4, 0.5) is 0 Å². The predicted octanol–water partition coefficient (Wildman–Crippen LogP) is 2.73. The Morgan fingerprint density at radius 3 is 2.62 bits per heavy atom. The monoisotopic (exact) mass is 217 g/mol. The molecular formula is C13H15NO2. The Hall–Kier alpha value is -1.53. The number of hydrogen-bond acceptors (Lipinski definition) is 3. The van der Waals surface area contributed by atoms with Gasteiger partial charge >= 0.3 is 0 Å². The van der Waals surface area contributed by atoms with Crippen molar-refractivity contribution in [3.05, 3.63) is 30.3 Å². The van der Waals surface area contributed by atoms with Crippen molar-refractivity contribution in [3.63, 3.8) is 0 Å². The first kappa shape index (κ1) is 11.0. The van der Waals surface area contributed by atoms with E-state index in [-0.39, 0.29) is 12.2 Å². The second-order valence-electron chi connectivity index (χ2n) is 4.26. The number of para-hydroxylation sites is 1. The summed E-state index contributed by atoms with van der Waals surface area (Å²) in [6, 6.07) is 11.8. The highest BCUT2D eigenvalue weighted by Crippen LogP contribution is 2.48. The first-order valence-electron chi connectivity index (χ1n) is 5.47. The molecular weight excluding hydrogens is 202 g/mol. The van der Waals surface area contributed by atoms with E-state index < -0.39 is 0 Å². The van der Waals surface area contributed by atoms with Crippen LogP contribution in [0.25, 0.3) is 0 Å². The van der Waals surface area contributed by atoms with E-state index in [1.165, 1.54) is 0 Å². The molecule has 1 aliphatic carbocycles. The molecule has 3 nitrogen and oxygen atoms in total. The number of ether oxygens (including phenoxy) is 2. The maximum Gasteiger partial charge on any atom is 0.189 e. The smallest absolute Gasteiger partial charge is 0.189 e. The van der Waals surface area contributed by atoms with Crippen LogP contribution in [0.15, 0.2) is 30.3 Å². The van der Waals surface area contributed by atoms with Gasteiger partial charge in [-0.3, -0.25) is 0 Å². The first-order valence-corrected chi connectivity index (χ1v) is 5.47. The van der Waals surface area contributed by atoms with E-state index in [1.807, 2.05) is 30.3 Å². The highest BCUT2D eigenvalue weighted by atomic mass is 16.7. The van der Waals surface area contributed by atoms with Crippen LogP contribution in [0.5, 0.6) is 5.75 Å². The van der Waals surface area contributed by atoms with E-state index in [0.717, 1.165) is 18.6 Å². The van der Waals surface area contributed by atoms with Crippen LogP contribution in [0.2, 0.25) is 0 Å². The Labute approximate surface area is 95.6 Å². The number of nitrogens with zero attached hydrogens (tertiary/aromatic N) is 1. The molecule has 1 aliphatic rings. The van der Waals surface area contributed by atoms with Crippen molar-refractivity contribution in [2.24, 2.45) is 5.41 Å². The van der Waals surface area contributed by atoms with Gasteiger partial charge in [-0.05, 0) is 25.0 Å². The summed E-state index contributed by atoms with van der Waals surface area (Å²) >= 11 is 0. The fraction of sp³-hybridized carbons (Fsp3) is 0.462. The van der Waals surface area contributed by atoms with Crippen molar-refractivity contribution in [2.45, 2.75) is 19.3 Å². The summed E-state index contributed by atoms with van der Waals surface area (Å²) in [7, 11) is 0. The summed E-state index contributed by atoms with van der Waals surface area (Å²) < 4.78 is 10.8. The molecule has 16 heavy (non-hydrogen) atoms. The highest BCUT2D eigenvalue weighted by Gasteiger charge is 2.42. The lowest BCUT2D eigenvalue weighted by atomic mass is 10.1. The summed E-state index contributed by atoms with van der Waals surface area (Å²) in [6.45, 7) is 0.893. The van der Waals surface area contributed by atoms with E-state index in [9.17, 15) is 0 Å².